The van der Waals surface area contributed by atoms with Gasteiger partial charge in [-0.05, 0) is 45.1 Å². The van der Waals surface area contributed by atoms with Crippen molar-refractivity contribution in [3.8, 4) is 0 Å². The second-order valence-electron chi connectivity index (χ2n) is 5.57. The summed E-state index contributed by atoms with van der Waals surface area (Å²) in [6, 6.07) is 0.635. The predicted octanol–water partition coefficient (Wildman–Crippen LogP) is 2.71. The summed E-state index contributed by atoms with van der Waals surface area (Å²) in [5.41, 5.74) is -0.345. The molecule has 0 heterocycles. The van der Waals surface area contributed by atoms with Gasteiger partial charge < -0.3 is 10.4 Å². The molecule has 0 bridgehead atoms. The molecule has 2 N–H and O–H groups in total. The van der Waals surface area contributed by atoms with Gasteiger partial charge in [0.2, 0.25) is 0 Å². The zero-order valence-corrected chi connectivity index (χ0v) is 10.6. The highest BCUT2D eigenvalue weighted by Gasteiger charge is 2.31. The van der Waals surface area contributed by atoms with Crippen LogP contribution in [-0.2, 0) is 0 Å². The molecular weight excluding hydrogens is 186 g/mol. The van der Waals surface area contributed by atoms with Crippen molar-refractivity contribution in [2.45, 2.75) is 70.4 Å². The standard InChI is InChI=1S/C13H27NO/c1-11(2)5-4-8-13(15)9-6-12(14-3)7-10-13/h11-12,14-15H,4-10H2,1-3H3. The Balaban J connectivity index is 2.22. The number of hydrogen-bond acceptors (Lipinski definition) is 2. The van der Waals surface area contributed by atoms with Crippen LogP contribution >= 0.6 is 0 Å². The van der Waals surface area contributed by atoms with E-state index in [-0.39, 0.29) is 5.60 Å². The van der Waals surface area contributed by atoms with Gasteiger partial charge in [-0.25, -0.2) is 0 Å². The number of nitrogens with one attached hydrogen (secondary N) is 1. The number of rotatable bonds is 5. The highest BCUT2D eigenvalue weighted by molar-refractivity contribution is 4.87. The van der Waals surface area contributed by atoms with E-state index in [1.165, 1.54) is 12.8 Å². The normalized spacial score (nSPS) is 32.2. The SMILES string of the molecule is CNC1CCC(O)(CCCC(C)C)CC1. The first kappa shape index (κ1) is 13.0. The predicted molar refractivity (Wildman–Crippen MR) is 65.0 cm³/mol. The van der Waals surface area contributed by atoms with Gasteiger partial charge in [0.25, 0.3) is 0 Å². The fourth-order valence-electron chi connectivity index (χ4n) is 2.53. The second kappa shape index (κ2) is 5.86. The molecule has 90 valence electrons. The van der Waals surface area contributed by atoms with Gasteiger partial charge in [-0.1, -0.05) is 26.7 Å². The molecule has 0 aromatic rings. The molecule has 0 radical (unpaired) electrons. The Morgan fingerprint density at radius 3 is 2.40 bits per heavy atom. The van der Waals surface area contributed by atoms with Gasteiger partial charge in [0.15, 0.2) is 0 Å². The Kier molecular flexibility index (Phi) is 5.07. The summed E-state index contributed by atoms with van der Waals surface area (Å²) in [7, 11) is 2.02. The summed E-state index contributed by atoms with van der Waals surface area (Å²) in [4.78, 5) is 0. The van der Waals surface area contributed by atoms with Crippen molar-refractivity contribution in [3.63, 3.8) is 0 Å². The van der Waals surface area contributed by atoms with Crippen LogP contribution in [-0.4, -0.2) is 23.8 Å². The Morgan fingerprint density at radius 2 is 1.93 bits per heavy atom. The molecule has 0 unspecified atom stereocenters. The van der Waals surface area contributed by atoms with Crippen molar-refractivity contribution in [2.24, 2.45) is 5.92 Å². The van der Waals surface area contributed by atoms with E-state index in [9.17, 15) is 5.11 Å². The lowest BCUT2D eigenvalue weighted by molar-refractivity contribution is -0.0128. The van der Waals surface area contributed by atoms with Gasteiger partial charge in [0, 0.05) is 6.04 Å². The summed E-state index contributed by atoms with van der Waals surface area (Å²) in [6.45, 7) is 4.50. The van der Waals surface area contributed by atoms with Crippen LogP contribution in [0.5, 0.6) is 0 Å². The van der Waals surface area contributed by atoms with Gasteiger partial charge >= 0.3 is 0 Å². The molecule has 1 aliphatic carbocycles. The van der Waals surface area contributed by atoms with Crippen LogP contribution in [0.3, 0.4) is 0 Å². The molecular formula is C13H27NO. The van der Waals surface area contributed by atoms with Crippen LogP contribution in [0.2, 0.25) is 0 Å². The molecule has 0 spiro atoms. The molecule has 1 saturated carbocycles. The van der Waals surface area contributed by atoms with E-state index in [4.69, 9.17) is 0 Å². The third-order valence-electron chi connectivity index (χ3n) is 3.75. The van der Waals surface area contributed by atoms with E-state index in [0.717, 1.165) is 38.0 Å². The molecule has 0 amide bonds. The van der Waals surface area contributed by atoms with Crippen LogP contribution in [0.1, 0.15) is 58.8 Å². The maximum Gasteiger partial charge on any atom is 0.0649 e. The monoisotopic (exact) mass is 213 g/mol. The minimum absolute atomic E-state index is 0.345. The van der Waals surface area contributed by atoms with Crippen LogP contribution in [0, 0.1) is 5.92 Å². The van der Waals surface area contributed by atoms with E-state index in [1.54, 1.807) is 0 Å². The van der Waals surface area contributed by atoms with Crippen molar-refractivity contribution in [2.75, 3.05) is 7.05 Å². The molecule has 0 atom stereocenters. The summed E-state index contributed by atoms with van der Waals surface area (Å²) in [5.74, 6) is 0.766. The molecule has 0 aromatic heterocycles. The first-order valence-corrected chi connectivity index (χ1v) is 6.45. The molecule has 15 heavy (non-hydrogen) atoms. The number of aliphatic hydroxyl groups is 1. The third-order valence-corrected chi connectivity index (χ3v) is 3.75. The van der Waals surface area contributed by atoms with Crippen molar-refractivity contribution in [1.29, 1.82) is 0 Å². The fraction of sp³-hybridized carbons (Fsp3) is 1.00. The topological polar surface area (TPSA) is 32.3 Å². The summed E-state index contributed by atoms with van der Waals surface area (Å²) in [5, 5.41) is 13.7. The zero-order valence-electron chi connectivity index (χ0n) is 10.6. The van der Waals surface area contributed by atoms with E-state index in [2.05, 4.69) is 19.2 Å². The molecule has 0 aliphatic heterocycles. The van der Waals surface area contributed by atoms with Crippen molar-refractivity contribution < 1.29 is 5.11 Å². The van der Waals surface area contributed by atoms with Gasteiger partial charge in [0.05, 0.1) is 5.60 Å². The van der Waals surface area contributed by atoms with E-state index < -0.39 is 0 Å². The fourth-order valence-corrected chi connectivity index (χ4v) is 2.53. The maximum atomic E-state index is 10.4. The van der Waals surface area contributed by atoms with Crippen LogP contribution in [0.4, 0.5) is 0 Å². The van der Waals surface area contributed by atoms with E-state index in [0.29, 0.717) is 6.04 Å². The average Bonchev–Trinajstić information content (AvgIpc) is 2.18. The van der Waals surface area contributed by atoms with Crippen LogP contribution < -0.4 is 5.32 Å². The van der Waals surface area contributed by atoms with E-state index in [1.807, 2.05) is 7.05 Å². The Morgan fingerprint density at radius 1 is 1.33 bits per heavy atom. The van der Waals surface area contributed by atoms with Crippen LogP contribution in [0.25, 0.3) is 0 Å². The minimum atomic E-state index is -0.345. The molecule has 0 aromatic carbocycles. The Hall–Kier alpha value is -0.0800. The molecule has 0 saturated heterocycles. The second-order valence-corrected chi connectivity index (χ2v) is 5.57. The molecule has 1 aliphatic rings. The minimum Gasteiger partial charge on any atom is -0.390 e. The molecule has 2 nitrogen and oxygen atoms in total. The third kappa shape index (κ3) is 4.52. The maximum absolute atomic E-state index is 10.4. The average molecular weight is 213 g/mol. The van der Waals surface area contributed by atoms with Gasteiger partial charge in [-0.3, -0.25) is 0 Å². The highest BCUT2D eigenvalue weighted by Crippen LogP contribution is 2.32. The summed E-state index contributed by atoms with van der Waals surface area (Å²) in [6.07, 6.45) is 7.66. The van der Waals surface area contributed by atoms with Crippen LogP contribution in [0.15, 0.2) is 0 Å². The lowest BCUT2D eigenvalue weighted by Gasteiger charge is -2.36. The largest absolute Gasteiger partial charge is 0.390 e. The smallest absolute Gasteiger partial charge is 0.0649 e. The zero-order chi connectivity index (χ0) is 11.3. The lowest BCUT2D eigenvalue weighted by atomic mass is 9.79. The van der Waals surface area contributed by atoms with Gasteiger partial charge in [-0.2, -0.15) is 0 Å². The molecule has 1 rings (SSSR count). The summed E-state index contributed by atoms with van der Waals surface area (Å²) < 4.78 is 0. The summed E-state index contributed by atoms with van der Waals surface area (Å²) >= 11 is 0. The number of hydrogen-bond donors (Lipinski definition) is 2. The van der Waals surface area contributed by atoms with E-state index >= 15 is 0 Å². The Labute approximate surface area is 94.5 Å². The Bertz CT molecular complexity index is 171. The van der Waals surface area contributed by atoms with Crippen molar-refractivity contribution in [1.82, 2.24) is 5.32 Å². The van der Waals surface area contributed by atoms with Crippen molar-refractivity contribution in [3.05, 3.63) is 0 Å². The molecule has 1 fully saturated rings. The van der Waals surface area contributed by atoms with Crippen molar-refractivity contribution >= 4 is 0 Å². The lowest BCUT2D eigenvalue weighted by Crippen LogP contribution is -2.40. The molecule has 2 heteroatoms. The quantitative estimate of drug-likeness (QED) is 0.736. The first-order valence-electron chi connectivity index (χ1n) is 6.45. The highest BCUT2D eigenvalue weighted by atomic mass is 16.3. The first-order chi connectivity index (χ1) is 7.06. The van der Waals surface area contributed by atoms with Gasteiger partial charge in [0.1, 0.15) is 0 Å². The van der Waals surface area contributed by atoms with Gasteiger partial charge in [-0.15, -0.1) is 0 Å².